The Balaban J connectivity index is 1.30. The highest BCUT2D eigenvalue weighted by Crippen LogP contribution is 2.35. The maximum absolute atomic E-state index is 12.6. The summed E-state index contributed by atoms with van der Waals surface area (Å²) in [6.07, 6.45) is 11.7. The number of nitrogens with one attached hydrogen (secondary N) is 1. The van der Waals surface area contributed by atoms with Crippen molar-refractivity contribution in [2.45, 2.75) is 64.2 Å². The van der Waals surface area contributed by atoms with Crippen molar-refractivity contribution in [3.8, 4) is 0 Å². The summed E-state index contributed by atoms with van der Waals surface area (Å²) in [5.74, 6) is 0.940. The lowest BCUT2D eigenvalue weighted by molar-refractivity contribution is -0.131. The lowest BCUT2D eigenvalue weighted by Crippen LogP contribution is -2.38. The van der Waals surface area contributed by atoms with E-state index in [0.717, 1.165) is 38.6 Å². The molecule has 2 aliphatic rings. The molecular formula is C23H32N2O2. The van der Waals surface area contributed by atoms with E-state index in [-0.39, 0.29) is 11.8 Å². The van der Waals surface area contributed by atoms with Gasteiger partial charge in [0.1, 0.15) is 0 Å². The first-order valence-electron chi connectivity index (χ1n) is 10.5. The number of nitrogens with zero attached hydrogens (tertiary/aromatic N) is 1. The first-order valence-corrected chi connectivity index (χ1v) is 10.5. The van der Waals surface area contributed by atoms with Crippen LogP contribution in [0.4, 0.5) is 0 Å². The zero-order valence-corrected chi connectivity index (χ0v) is 16.3. The van der Waals surface area contributed by atoms with Crippen LogP contribution in [0.2, 0.25) is 0 Å². The predicted molar refractivity (Wildman–Crippen MR) is 108 cm³/mol. The van der Waals surface area contributed by atoms with Crippen LogP contribution in [-0.2, 0) is 16.0 Å². The van der Waals surface area contributed by atoms with E-state index in [4.69, 9.17) is 0 Å². The Labute approximate surface area is 163 Å². The molecule has 0 saturated carbocycles. The van der Waals surface area contributed by atoms with Crippen LogP contribution < -0.4 is 5.32 Å². The van der Waals surface area contributed by atoms with Crippen molar-refractivity contribution in [1.29, 1.82) is 0 Å². The summed E-state index contributed by atoms with van der Waals surface area (Å²) < 4.78 is 0. The number of fused-ring (bicyclic) bond motifs is 1. The van der Waals surface area contributed by atoms with Crippen LogP contribution in [0.15, 0.2) is 42.1 Å². The van der Waals surface area contributed by atoms with Gasteiger partial charge in [-0.15, -0.1) is 0 Å². The molecule has 1 aliphatic carbocycles. The second kappa shape index (κ2) is 10.3. The molecule has 1 aromatic rings. The number of likely N-dealkylation sites (tertiary alicyclic amines) is 1. The van der Waals surface area contributed by atoms with Gasteiger partial charge in [-0.1, -0.05) is 36.4 Å². The quantitative estimate of drug-likeness (QED) is 0.699. The number of benzene rings is 1. The number of hydrogen-bond acceptors (Lipinski definition) is 2. The number of hydrogen-bond donors (Lipinski definition) is 1. The Morgan fingerprint density at radius 1 is 1.04 bits per heavy atom. The lowest BCUT2D eigenvalue weighted by atomic mass is 9.85. The summed E-state index contributed by atoms with van der Waals surface area (Å²) in [6, 6.07) is 10.2. The van der Waals surface area contributed by atoms with Gasteiger partial charge in [0, 0.05) is 31.6 Å². The molecule has 27 heavy (non-hydrogen) atoms. The molecule has 0 aromatic heterocycles. The molecule has 146 valence electrons. The maximum Gasteiger partial charge on any atom is 0.226 e. The highest BCUT2D eigenvalue weighted by molar-refractivity contribution is 5.78. The Morgan fingerprint density at radius 3 is 2.67 bits per heavy atom. The molecule has 4 nitrogen and oxygen atoms in total. The topological polar surface area (TPSA) is 49.4 Å². The van der Waals surface area contributed by atoms with Crippen LogP contribution in [0, 0.1) is 5.92 Å². The van der Waals surface area contributed by atoms with Gasteiger partial charge >= 0.3 is 0 Å². The molecule has 0 radical (unpaired) electrons. The van der Waals surface area contributed by atoms with Crippen LogP contribution in [-0.4, -0.2) is 29.8 Å². The molecule has 1 aliphatic heterocycles. The third kappa shape index (κ3) is 5.95. The molecule has 1 N–H and O–H groups in total. The van der Waals surface area contributed by atoms with E-state index in [1.807, 2.05) is 23.1 Å². The Morgan fingerprint density at radius 2 is 1.81 bits per heavy atom. The smallest absolute Gasteiger partial charge is 0.226 e. The minimum atomic E-state index is 0.0893. The minimum absolute atomic E-state index is 0.0893. The van der Waals surface area contributed by atoms with Gasteiger partial charge in [0.2, 0.25) is 11.8 Å². The average molecular weight is 369 g/mol. The van der Waals surface area contributed by atoms with Gasteiger partial charge in [-0.05, 0) is 62.8 Å². The van der Waals surface area contributed by atoms with E-state index in [9.17, 15) is 9.59 Å². The van der Waals surface area contributed by atoms with Crippen molar-refractivity contribution in [1.82, 2.24) is 10.2 Å². The number of amides is 2. The number of rotatable bonds is 8. The van der Waals surface area contributed by atoms with Crippen molar-refractivity contribution in [2.24, 2.45) is 5.92 Å². The molecule has 1 fully saturated rings. The highest BCUT2D eigenvalue weighted by atomic mass is 16.2. The van der Waals surface area contributed by atoms with E-state index in [1.165, 1.54) is 30.5 Å². The van der Waals surface area contributed by atoms with E-state index < -0.39 is 0 Å². The predicted octanol–water partition coefficient (Wildman–Crippen LogP) is 4.21. The molecule has 2 amide bonds. The first kappa shape index (κ1) is 19.7. The fourth-order valence-corrected chi connectivity index (χ4v) is 4.22. The number of piperidine rings is 1. The highest BCUT2D eigenvalue weighted by Gasteiger charge is 2.29. The third-order valence-electron chi connectivity index (χ3n) is 5.70. The van der Waals surface area contributed by atoms with Crippen molar-refractivity contribution in [3.63, 3.8) is 0 Å². The van der Waals surface area contributed by atoms with E-state index in [0.29, 0.717) is 25.3 Å². The van der Waals surface area contributed by atoms with Gasteiger partial charge in [0.15, 0.2) is 0 Å². The summed E-state index contributed by atoms with van der Waals surface area (Å²) in [6.45, 7) is 1.55. The standard InChI is InChI=1S/C23H32N2O2/c26-22(24-17-16-19-9-2-1-3-10-19)14-6-7-15-23(27)25-18-8-12-20-11-4-5-13-21(20)25/h1-3,9-10,13,20H,4-8,11-12,14-18H2,(H,24,26). The van der Waals surface area contributed by atoms with Crippen molar-refractivity contribution in [3.05, 3.63) is 47.7 Å². The molecular weight excluding hydrogens is 336 g/mol. The molecule has 1 heterocycles. The Hall–Kier alpha value is -2.10. The third-order valence-corrected chi connectivity index (χ3v) is 5.70. The number of carbonyl (C=O) groups is 2. The molecule has 4 heteroatoms. The van der Waals surface area contributed by atoms with Gasteiger partial charge in [0.05, 0.1) is 0 Å². The van der Waals surface area contributed by atoms with Crippen LogP contribution in [0.3, 0.4) is 0 Å². The fraction of sp³-hybridized carbons (Fsp3) is 0.565. The zero-order chi connectivity index (χ0) is 18.9. The first-order chi connectivity index (χ1) is 13.2. The second-order valence-corrected chi connectivity index (χ2v) is 7.74. The minimum Gasteiger partial charge on any atom is -0.356 e. The van der Waals surface area contributed by atoms with Crippen LogP contribution >= 0.6 is 0 Å². The molecule has 1 saturated heterocycles. The average Bonchev–Trinajstić information content (AvgIpc) is 2.71. The van der Waals surface area contributed by atoms with Gasteiger partial charge in [-0.2, -0.15) is 0 Å². The summed E-state index contributed by atoms with van der Waals surface area (Å²) in [7, 11) is 0. The molecule has 3 rings (SSSR count). The number of unbranched alkanes of at least 4 members (excludes halogenated alkanes) is 1. The molecule has 1 atom stereocenters. The maximum atomic E-state index is 12.6. The molecule has 1 unspecified atom stereocenters. The second-order valence-electron chi connectivity index (χ2n) is 7.74. The van der Waals surface area contributed by atoms with E-state index in [1.54, 1.807) is 0 Å². The molecule has 0 spiro atoms. The summed E-state index contributed by atoms with van der Waals surface area (Å²) in [4.78, 5) is 26.6. The van der Waals surface area contributed by atoms with Gasteiger partial charge in [-0.3, -0.25) is 9.59 Å². The number of carbonyl (C=O) groups excluding carboxylic acids is 2. The lowest BCUT2D eigenvalue weighted by Gasteiger charge is -2.38. The van der Waals surface area contributed by atoms with Crippen molar-refractivity contribution < 1.29 is 9.59 Å². The monoisotopic (exact) mass is 368 g/mol. The molecule has 0 bridgehead atoms. The van der Waals surface area contributed by atoms with Crippen LogP contribution in [0.1, 0.15) is 63.4 Å². The normalized spacial score (nSPS) is 19.2. The van der Waals surface area contributed by atoms with E-state index >= 15 is 0 Å². The summed E-state index contributed by atoms with van der Waals surface area (Å²) in [5.41, 5.74) is 2.52. The number of allylic oxidation sites excluding steroid dienone is 2. The SMILES string of the molecule is O=C(CCCCC(=O)N1CCCC2CCCC=C21)NCCc1ccccc1. The Bertz CT molecular complexity index is 654. The van der Waals surface area contributed by atoms with Crippen molar-refractivity contribution in [2.75, 3.05) is 13.1 Å². The van der Waals surface area contributed by atoms with Gasteiger partial charge < -0.3 is 10.2 Å². The van der Waals surface area contributed by atoms with Crippen molar-refractivity contribution >= 4 is 11.8 Å². The molecule has 1 aromatic carbocycles. The summed E-state index contributed by atoms with van der Waals surface area (Å²) >= 11 is 0. The van der Waals surface area contributed by atoms with Crippen LogP contribution in [0.25, 0.3) is 0 Å². The van der Waals surface area contributed by atoms with Gasteiger partial charge in [-0.25, -0.2) is 0 Å². The fourth-order valence-electron chi connectivity index (χ4n) is 4.22. The zero-order valence-electron chi connectivity index (χ0n) is 16.3. The van der Waals surface area contributed by atoms with Crippen LogP contribution in [0.5, 0.6) is 0 Å². The summed E-state index contributed by atoms with van der Waals surface area (Å²) in [5, 5.41) is 2.98. The van der Waals surface area contributed by atoms with Gasteiger partial charge in [0.25, 0.3) is 0 Å². The Kier molecular flexibility index (Phi) is 7.49. The largest absolute Gasteiger partial charge is 0.356 e. The van der Waals surface area contributed by atoms with E-state index in [2.05, 4.69) is 23.5 Å².